The van der Waals surface area contributed by atoms with Crippen molar-refractivity contribution in [3.05, 3.63) is 83.1 Å². The number of hydrogen-bond acceptors (Lipinski definition) is 4. The number of benzene rings is 2. The molecule has 3 aromatic rings. The third-order valence-electron chi connectivity index (χ3n) is 4.85. The lowest BCUT2D eigenvalue weighted by molar-refractivity contribution is -0.117. The molecule has 29 heavy (non-hydrogen) atoms. The van der Waals surface area contributed by atoms with Gasteiger partial charge in [0.25, 0.3) is 0 Å². The van der Waals surface area contributed by atoms with Gasteiger partial charge in [-0.1, -0.05) is 23.7 Å². The third-order valence-corrected chi connectivity index (χ3v) is 5.08. The van der Waals surface area contributed by atoms with E-state index in [1.54, 1.807) is 65.8 Å². The standard InChI is InChI=1S/C22H18ClN3O3/c23-16-6-7-19(20(11-16)29-18-5-2-8-25-12-18)15-10-21(27)26(13-15)17-4-1-3-14(9-17)22(24)28/h1-9,11-12,15H,10,13H2,(H2,24,28)/t15-/m0/s1. The lowest BCUT2D eigenvalue weighted by Crippen LogP contribution is -2.24. The van der Waals surface area contributed by atoms with E-state index < -0.39 is 5.91 Å². The molecule has 2 N–H and O–H groups in total. The minimum Gasteiger partial charge on any atom is -0.455 e. The maximum atomic E-state index is 12.7. The number of halogens is 1. The molecule has 0 spiro atoms. The topological polar surface area (TPSA) is 85.5 Å². The number of carbonyl (C=O) groups is 2. The Balaban J connectivity index is 1.62. The Kier molecular flexibility index (Phi) is 5.18. The van der Waals surface area contributed by atoms with Crippen molar-refractivity contribution >= 4 is 29.1 Å². The van der Waals surface area contributed by atoms with Crippen LogP contribution in [0.5, 0.6) is 11.5 Å². The Labute approximate surface area is 172 Å². The van der Waals surface area contributed by atoms with Gasteiger partial charge in [0.05, 0.1) is 6.20 Å². The molecule has 1 atom stereocenters. The average Bonchev–Trinajstić information content (AvgIpc) is 3.10. The van der Waals surface area contributed by atoms with E-state index in [1.165, 1.54) is 0 Å². The summed E-state index contributed by atoms with van der Waals surface area (Å²) in [5, 5.41) is 0.544. The molecule has 2 amide bonds. The fourth-order valence-corrected chi connectivity index (χ4v) is 3.62. The van der Waals surface area contributed by atoms with Gasteiger partial charge in [0.2, 0.25) is 11.8 Å². The molecule has 1 saturated heterocycles. The predicted octanol–water partition coefficient (Wildman–Crippen LogP) is 4.15. The van der Waals surface area contributed by atoms with Crippen LogP contribution in [-0.2, 0) is 4.79 Å². The van der Waals surface area contributed by atoms with Crippen LogP contribution < -0.4 is 15.4 Å². The number of ether oxygens (including phenoxy) is 1. The number of rotatable bonds is 5. The molecule has 1 fully saturated rings. The van der Waals surface area contributed by atoms with Crippen LogP contribution in [0.1, 0.15) is 28.3 Å². The van der Waals surface area contributed by atoms with Crippen LogP contribution in [0.3, 0.4) is 0 Å². The van der Waals surface area contributed by atoms with Gasteiger partial charge in [-0.05, 0) is 42.5 Å². The van der Waals surface area contributed by atoms with Crippen molar-refractivity contribution in [2.24, 2.45) is 5.73 Å². The number of primary amides is 1. The molecular formula is C22H18ClN3O3. The van der Waals surface area contributed by atoms with Gasteiger partial charge in [0, 0.05) is 46.9 Å². The Morgan fingerprint density at radius 2 is 2.03 bits per heavy atom. The number of anilines is 1. The summed E-state index contributed by atoms with van der Waals surface area (Å²) in [6.45, 7) is 0.464. The van der Waals surface area contributed by atoms with Gasteiger partial charge < -0.3 is 15.4 Å². The Morgan fingerprint density at radius 3 is 2.79 bits per heavy atom. The molecule has 0 saturated carbocycles. The zero-order valence-corrected chi connectivity index (χ0v) is 16.2. The summed E-state index contributed by atoms with van der Waals surface area (Å²) in [4.78, 5) is 29.9. The molecule has 7 heteroatoms. The number of nitrogens with two attached hydrogens (primary N) is 1. The second-order valence-corrected chi connectivity index (χ2v) is 7.23. The molecule has 4 rings (SSSR count). The van der Waals surface area contributed by atoms with E-state index in [1.807, 2.05) is 6.07 Å². The Bertz CT molecular complexity index is 1070. The smallest absolute Gasteiger partial charge is 0.248 e. The van der Waals surface area contributed by atoms with Crippen LogP contribution in [0, 0.1) is 0 Å². The quantitative estimate of drug-likeness (QED) is 0.688. The van der Waals surface area contributed by atoms with Crippen molar-refractivity contribution in [1.29, 1.82) is 0 Å². The van der Waals surface area contributed by atoms with E-state index in [2.05, 4.69) is 4.98 Å². The van der Waals surface area contributed by atoms with Crippen molar-refractivity contribution in [2.75, 3.05) is 11.4 Å². The SMILES string of the molecule is NC(=O)c1cccc(N2C[C@@H](c3ccc(Cl)cc3Oc3cccnc3)CC2=O)c1. The van der Waals surface area contributed by atoms with Crippen LogP contribution in [-0.4, -0.2) is 23.3 Å². The summed E-state index contributed by atoms with van der Waals surface area (Å²) in [5.74, 6) is 0.546. The molecule has 6 nitrogen and oxygen atoms in total. The van der Waals surface area contributed by atoms with E-state index in [-0.39, 0.29) is 11.8 Å². The molecule has 0 radical (unpaired) electrons. The molecule has 146 valence electrons. The van der Waals surface area contributed by atoms with Crippen LogP contribution in [0.4, 0.5) is 5.69 Å². The second kappa shape index (κ2) is 7.93. The number of aromatic nitrogens is 1. The molecule has 0 bridgehead atoms. The zero-order chi connectivity index (χ0) is 20.4. The highest BCUT2D eigenvalue weighted by Gasteiger charge is 2.33. The first-order chi connectivity index (χ1) is 14.0. The summed E-state index contributed by atoms with van der Waals surface area (Å²) in [5.41, 5.74) is 7.27. The molecule has 0 aliphatic carbocycles. The fraction of sp³-hybridized carbons (Fsp3) is 0.136. The molecule has 1 aliphatic rings. The first-order valence-corrected chi connectivity index (χ1v) is 9.46. The third kappa shape index (κ3) is 4.07. The Hall–Kier alpha value is -3.38. The predicted molar refractivity (Wildman–Crippen MR) is 110 cm³/mol. The first kappa shape index (κ1) is 19.0. The van der Waals surface area contributed by atoms with E-state index in [0.29, 0.717) is 40.7 Å². The molecule has 1 aromatic heterocycles. The zero-order valence-electron chi connectivity index (χ0n) is 15.4. The van der Waals surface area contributed by atoms with Crippen molar-refractivity contribution in [1.82, 2.24) is 4.98 Å². The maximum absolute atomic E-state index is 12.7. The van der Waals surface area contributed by atoms with E-state index in [0.717, 1.165) is 5.56 Å². The summed E-state index contributed by atoms with van der Waals surface area (Å²) < 4.78 is 5.99. The van der Waals surface area contributed by atoms with Gasteiger partial charge >= 0.3 is 0 Å². The summed E-state index contributed by atoms with van der Waals surface area (Å²) in [6, 6.07) is 15.8. The first-order valence-electron chi connectivity index (χ1n) is 9.09. The molecular weight excluding hydrogens is 390 g/mol. The highest BCUT2D eigenvalue weighted by atomic mass is 35.5. The van der Waals surface area contributed by atoms with Gasteiger partial charge in [0.15, 0.2) is 0 Å². The van der Waals surface area contributed by atoms with Crippen LogP contribution >= 0.6 is 11.6 Å². The van der Waals surface area contributed by atoms with Crippen LogP contribution in [0.2, 0.25) is 5.02 Å². The lowest BCUT2D eigenvalue weighted by Gasteiger charge is -2.19. The van der Waals surface area contributed by atoms with Crippen molar-refractivity contribution in [3.63, 3.8) is 0 Å². The molecule has 1 aliphatic heterocycles. The average molecular weight is 408 g/mol. The molecule has 2 aromatic carbocycles. The fourth-order valence-electron chi connectivity index (χ4n) is 3.46. The van der Waals surface area contributed by atoms with Gasteiger partial charge in [-0.25, -0.2) is 0 Å². The lowest BCUT2D eigenvalue weighted by atomic mass is 9.97. The number of nitrogens with zero attached hydrogens (tertiary/aromatic N) is 2. The monoisotopic (exact) mass is 407 g/mol. The second-order valence-electron chi connectivity index (χ2n) is 6.79. The minimum absolute atomic E-state index is 0.0288. The molecule has 0 unspecified atom stereocenters. The maximum Gasteiger partial charge on any atom is 0.248 e. The van der Waals surface area contributed by atoms with Crippen molar-refractivity contribution in [2.45, 2.75) is 12.3 Å². The van der Waals surface area contributed by atoms with Crippen molar-refractivity contribution < 1.29 is 14.3 Å². The number of hydrogen-bond donors (Lipinski definition) is 1. The van der Waals surface area contributed by atoms with Gasteiger partial charge in [-0.2, -0.15) is 0 Å². The largest absolute Gasteiger partial charge is 0.455 e. The van der Waals surface area contributed by atoms with Gasteiger partial charge in [0.1, 0.15) is 11.5 Å². The van der Waals surface area contributed by atoms with Crippen molar-refractivity contribution in [3.8, 4) is 11.5 Å². The summed E-state index contributed by atoms with van der Waals surface area (Å²) >= 11 is 6.17. The summed E-state index contributed by atoms with van der Waals surface area (Å²) in [6.07, 6.45) is 3.61. The van der Waals surface area contributed by atoms with Crippen LogP contribution in [0.15, 0.2) is 67.0 Å². The van der Waals surface area contributed by atoms with E-state index in [4.69, 9.17) is 22.1 Å². The van der Waals surface area contributed by atoms with Crippen LogP contribution in [0.25, 0.3) is 0 Å². The number of carbonyl (C=O) groups excluding carboxylic acids is 2. The minimum atomic E-state index is -0.528. The van der Waals surface area contributed by atoms with E-state index in [9.17, 15) is 9.59 Å². The number of amides is 2. The number of pyridine rings is 1. The Morgan fingerprint density at radius 1 is 1.17 bits per heavy atom. The molecule has 2 heterocycles. The highest BCUT2D eigenvalue weighted by molar-refractivity contribution is 6.30. The highest BCUT2D eigenvalue weighted by Crippen LogP contribution is 2.39. The summed E-state index contributed by atoms with van der Waals surface area (Å²) in [7, 11) is 0. The van der Waals surface area contributed by atoms with Gasteiger partial charge in [-0.3, -0.25) is 14.6 Å². The van der Waals surface area contributed by atoms with Gasteiger partial charge in [-0.15, -0.1) is 0 Å². The normalized spacial score (nSPS) is 16.1. The van der Waals surface area contributed by atoms with E-state index >= 15 is 0 Å².